The van der Waals surface area contributed by atoms with Gasteiger partial charge in [0.25, 0.3) is 0 Å². The molecule has 2 aromatic heterocycles. The van der Waals surface area contributed by atoms with Gasteiger partial charge in [-0.05, 0) is 56.1 Å². The van der Waals surface area contributed by atoms with Gasteiger partial charge in [-0.25, -0.2) is 9.59 Å². The highest BCUT2D eigenvalue weighted by Crippen LogP contribution is 2.22. The molecular weight excluding hydrogens is 468 g/mol. The number of hydrogen-bond donors (Lipinski definition) is 0. The third-order valence-corrected chi connectivity index (χ3v) is 3.98. The zero-order valence-electron chi connectivity index (χ0n) is 13.1. The van der Waals surface area contributed by atoms with E-state index in [1.165, 1.54) is 18.5 Å². The van der Waals surface area contributed by atoms with Gasteiger partial charge in [0.1, 0.15) is 11.5 Å². The standard InChI is InChI=1S/C18H10Br2N2O4/c19-13-4-11(7-21-9-13)17(23)25-15-2-1-3-16(6-15)26-18(24)12-5-14(20)10-22-8-12/h1-10H. The maximum Gasteiger partial charge on any atom is 0.345 e. The van der Waals surface area contributed by atoms with Crippen molar-refractivity contribution in [3.8, 4) is 11.5 Å². The minimum atomic E-state index is -0.571. The first-order valence-corrected chi connectivity index (χ1v) is 8.85. The van der Waals surface area contributed by atoms with Gasteiger partial charge in [-0.3, -0.25) is 9.97 Å². The summed E-state index contributed by atoms with van der Waals surface area (Å²) < 4.78 is 11.9. The van der Waals surface area contributed by atoms with Gasteiger partial charge in [-0.15, -0.1) is 0 Å². The molecule has 26 heavy (non-hydrogen) atoms. The molecule has 0 aliphatic rings. The van der Waals surface area contributed by atoms with Gasteiger partial charge in [0, 0.05) is 39.8 Å². The summed E-state index contributed by atoms with van der Waals surface area (Å²) in [4.78, 5) is 32.1. The second-order valence-corrected chi connectivity index (χ2v) is 6.87. The molecule has 0 radical (unpaired) electrons. The van der Waals surface area contributed by atoms with Crippen LogP contribution in [0.15, 0.2) is 70.1 Å². The van der Waals surface area contributed by atoms with Crippen LogP contribution in [0.5, 0.6) is 11.5 Å². The molecule has 0 aliphatic heterocycles. The van der Waals surface area contributed by atoms with E-state index in [9.17, 15) is 9.59 Å². The second-order valence-electron chi connectivity index (χ2n) is 5.04. The van der Waals surface area contributed by atoms with Crippen LogP contribution in [0.2, 0.25) is 0 Å². The number of pyridine rings is 2. The fourth-order valence-corrected chi connectivity index (χ4v) is 2.71. The molecule has 6 nitrogen and oxygen atoms in total. The van der Waals surface area contributed by atoms with Gasteiger partial charge in [0.15, 0.2) is 0 Å². The van der Waals surface area contributed by atoms with Crippen LogP contribution in [-0.4, -0.2) is 21.9 Å². The maximum atomic E-state index is 12.2. The summed E-state index contributed by atoms with van der Waals surface area (Å²) in [5, 5.41) is 0. The predicted octanol–water partition coefficient (Wildman–Crippen LogP) is 4.44. The molecule has 0 spiro atoms. The highest BCUT2D eigenvalue weighted by molar-refractivity contribution is 9.10. The van der Waals surface area contributed by atoms with Crippen LogP contribution in [0.3, 0.4) is 0 Å². The molecule has 0 unspecified atom stereocenters. The molecule has 0 fully saturated rings. The zero-order chi connectivity index (χ0) is 18.5. The predicted molar refractivity (Wildman–Crippen MR) is 100 cm³/mol. The molecule has 130 valence electrons. The second kappa shape index (κ2) is 8.20. The smallest absolute Gasteiger partial charge is 0.345 e. The number of benzene rings is 1. The lowest BCUT2D eigenvalue weighted by Gasteiger charge is -2.08. The van der Waals surface area contributed by atoms with Crippen LogP contribution in [0.1, 0.15) is 20.7 Å². The van der Waals surface area contributed by atoms with E-state index in [-0.39, 0.29) is 11.5 Å². The molecule has 8 heteroatoms. The fourth-order valence-electron chi connectivity index (χ4n) is 1.98. The first kappa shape index (κ1) is 18.2. The Morgan fingerprint density at radius 2 is 1.19 bits per heavy atom. The monoisotopic (exact) mass is 476 g/mol. The van der Waals surface area contributed by atoms with Crippen molar-refractivity contribution in [1.29, 1.82) is 0 Å². The lowest BCUT2D eigenvalue weighted by Crippen LogP contribution is -2.10. The van der Waals surface area contributed by atoms with E-state index in [1.54, 1.807) is 42.7 Å². The largest absolute Gasteiger partial charge is 0.423 e. The third-order valence-electron chi connectivity index (χ3n) is 3.11. The molecule has 3 rings (SSSR count). The number of nitrogens with zero attached hydrogens (tertiary/aromatic N) is 2. The van der Waals surface area contributed by atoms with Gasteiger partial charge in [-0.2, -0.15) is 0 Å². The van der Waals surface area contributed by atoms with Gasteiger partial charge in [-0.1, -0.05) is 6.07 Å². The molecule has 2 heterocycles. The Balaban J connectivity index is 1.72. The van der Waals surface area contributed by atoms with Gasteiger partial charge in [0.2, 0.25) is 0 Å². The van der Waals surface area contributed by atoms with E-state index in [0.29, 0.717) is 20.1 Å². The van der Waals surface area contributed by atoms with Crippen molar-refractivity contribution in [2.24, 2.45) is 0 Å². The summed E-state index contributed by atoms with van der Waals surface area (Å²) in [5.74, 6) is -0.655. The first-order valence-electron chi connectivity index (χ1n) is 7.27. The quantitative estimate of drug-likeness (QED) is 0.408. The van der Waals surface area contributed by atoms with Crippen molar-refractivity contribution in [1.82, 2.24) is 9.97 Å². The zero-order valence-corrected chi connectivity index (χ0v) is 16.2. The normalized spacial score (nSPS) is 10.2. The highest BCUT2D eigenvalue weighted by Gasteiger charge is 2.13. The summed E-state index contributed by atoms with van der Waals surface area (Å²) in [5.41, 5.74) is 0.587. The van der Waals surface area contributed by atoms with Gasteiger partial charge >= 0.3 is 11.9 Å². The molecule has 0 saturated carbocycles. The van der Waals surface area contributed by atoms with Crippen LogP contribution >= 0.6 is 31.9 Å². The number of hydrogen-bond acceptors (Lipinski definition) is 6. The van der Waals surface area contributed by atoms with Gasteiger partial charge in [0.05, 0.1) is 11.1 Å². The molecular formula is C18H10Br2N2O4. The molecule has 0 atom stereocenters. The summed E-state index contributed by atoms with van der Waals surface area (Å²) in [6.45, 7) is 0. The van der Waals surface area contributed by atoms with E-state index < -0.39 is 11.9 Å². The Labute approximate surface area is 165 Å². The number of carbonyl (C=O) groups is 2. The van der Waals surface area contributed by atoms with Crippen molar-refractivity contribution >= 4 is 43.8 Å². The Morgan fingerprint density at radius 1 is 0.731 bits per heavy atom. The van der Waals surface area contributed by atoms with Crippen LogP contribution < -0.4 is 9.47 Å². The number of halogens is 2. The summed E-state index contributed by atoms with van der Waals surface area (Å²) >= 11 is 6.49. The van der Waals surface area contributed by atoms with Crippen LogP contribution in [0.4, 0.5) is 0 Å². The van der Waals surface area contributed by atoms with Crippen molar-refractivity contribution in [3.63, 3.8) is 0 Å². The lowest BCUT2D eigenvalue weighted by atomic mass is 10.3. The van der Waals surface area contributed by atoms with E-state index >= 15 is 0 Å². The average Bonchev–Trinajstić information content (AvgIpc) is 2.62. The molecule has 0 bridgehead atoms. The molecule has 1 aromatic carbocycles. The van der Waals surface area contributed by atoms with E-state index in [4.69, 9.17) is 9.47 Å². The van der Waals surface area contributed by atoms with Crippen molar-refractivity contribution in [2.75, 3.05) is 0 Å². The summed E-state index contributed by atoms with van der Waals surface area (Å²) in [7, 11) is 0. The Morgan fingerprint density at radius 3 is 1.62 bits per heavy atom. The first-order chi connectivity index (χ1) is 12.5. The maximum absolute atomic E-state index is 12.2. The third kappa shape index (κ3) is 4.74. The number of esters is 2. The summed E-state index contributed by atoms with van der Waals surface area (Å²) in [6.07, 6.45) is 5.93. The Bertz CT molecular complexity index is 904. The number of rotatable bonds is 4. The molecule has 3 aromatic rings. The van der Waals surface area contributed by atoms with Crippen LogP contribution in [0.25, 0.3) is 0 Å². The fraction of sp³-hybridized carbons (Fsp3) is 0. The number of aromatic nitrogens is 2. The van der Waals surface area contributed by atoms with Crippen molar-refractivity contribution < 1.29 is 19.1 Å². The SMILES string of the molecule is O=C(Oc1cccc(OC(=O)c2cncc(Br)c2)c1)c1cncc(Br)c1. The average molecular weight is 478 g/mol. The van der Waals surface area contributed by atoms with E-state index in [0.717, 1.165) is 0 Å². The van der Waals surface area contributed by atoms with Crippen molar-refractivity contribution in [2.45, 2.75) is 0 Å². The van der Waals surface area contributed by atoms with Crippen molar-refractivity contribution in [3.05, 3.63) is 81.3 Å². The minimum absolute atomic E-state index is 0.243. The van der Waals surface area contributed by atoms with Crippen LogP contribution in [-0.2, 0) is 0 Å². The number of ether oxygens (including phenoxy) is 2. The molecule has 0 N–H and O–H groups in total. The molecule has 0 aliphatic carbocycles. The molecule has 0 amide bonds. The Kier molecular flexibility index (Phi) is 5.75. The topological polar surface area (TPSA) is 78.4 Å². The minimum Gasteiger partial charge on any atom is -0.423 e. The highest BCUT2D eigenvalue weighted by atomic mass is 79.9. The number of carbonyl (C=O) groups excluding carboxylic acids is 2. The van der Waals surface area contributed by atoms with Crippen LogP contribution in [0, 0.1) is 0 Å². The molecule has 0 saturated heterocycles. The van der Waals surface area contributed by atoms with Gasteiger partial charge < -0.3 is 9.47 Å². The van der Waals surface area contributed by atoms with E-state index in [1.807, 2.05) is 0 Å². The van der Waals surface area contributed by atoms with E-state index in [2.05, 4.69) is 41.8 Å². The lowest BCUT2D eigenvalue weighted by molar-refractivity contribution is 0.0732. The summed E-state index contributed by atoms with van der Waals surface area (Å²) in [6, 6.07) is 9.43. The Hall–Kier alpha value is -2.58.